The second-order valence-corrected chi connectivity index (χ2v) is 6.74. The molecule has 3 rings (SSSR count). The second-order valence-electron chi connectivity index (χ2n) is 5.83. The summed E-state index contributed by atoms with van der Waals surface area (Å²) in [4.78, 5) is 13.3. The van der Waals surface area contributed by atoms with Gasteiger partial charge in [0.05, 0.1) is 0 Å². The quantitative estimate of drug-likeness (QED) is 0.850. The third-order valence-electron chi connectivity index (χ3n) is 4.46. The molecule has 21 heavy (non-hydrogen) atoms. The lowest BCUT2D eigenvalue weighted by atomic mass is 9.94. The molecule has 0 unspecified atom stereocenters. The summed E-state index contributed by atoms with van der Waals surface area (Å²) in [7, 11) is 0. The number of aromatic hydroxyl groups is 1. The number of hydrogen-bond donors (Lipinski definition) is 1. The summed E-state index contributed by atoms with van der Waals surface area (Å²) < 4.78 is 1.19. The minimum absolute atomic E-state index is 0.307. The molecule has 4 heteroatoms. The summed E-state index contributed by atoms with van der Waals surface area (Å²) >= 11 is 1.70. The molecular formula is C17H21NO2S. The van der Waals surface area contributed by atoms with E-state index in [0.717, 1.165) is 37.6 Å². The van der Waals surface area contributed by atoms with Crippen LogP contribution in [-0.4, -0.2) is 29.0 Å². The molecule has 0 saturated heterocycles. The smallest absolute Gasteiger partial charge is 0.209 e. The van der Waals surface area contributed by atoms with Gasteiger partial charge in [-0.15, -0.1) is 11.3 Å². The van der Waals surface area contributed by atoms with Crippen LogP contribution in [0.2, 0.25) is 0 Å². The van der Waals surface area contributed by atoms with Crippen molar-refractivity contribution in [1.29, 1.82) is 0 Å². The molecule has 0 bridgehead atoms. The zero-order valence-electron chi connectivity index (χ0n) is 12.1. The molecule has 1 aliphatic rings. The predicted octanol–water partition coefficient (Wildman–Crippen LogP) is 3.94. The fourth-order valence-electron chi connectivity index (χ4n) is 3.25. The molecule has 1 fully saturated rings. The maximum Gasteiger partial charge on any atom is 0.209 e. The van der Waals surface area contributed by atoms with E-state index in [1.165, 1.54) is 29.5 Å². The van der Waals surface area contributed by atoms with Crippen LogP contribution in [0.1, 0.15) is 37.7 Å². The Morgan fingerprint density at radius 3 is 2.86 bits per heavy atom. The Kier molecular flexibility index (Phi) is 4.44. The fourth-order valence-corrected chi connectivity index (χ4v) is 4.22. The van der Waals surface area contributed by atoms with Crippen molar-refractivity contribution in [3.63, 3.8) is 0 Å². The van der Waals surface area contributed by atoms with Crippen molar-refractivity contribution >= 4 is 27.8 Å². The Hall–Kier alpha value is -1.55. The number of fused-ring (bicyclic) bond motifs is 1. The standard InChI is InChI=1S/C17H21NO2S/c19-12-18(14-4-2-1-3-5-14)9-8-13-11-21-17-7-6-15(20)10-16(13)17/h6-7,10-12,14,20H,1-5,8-9H2. The number of amides is 1. The van der Waals surface area contributed by atoms with E-state index in [4.69, 9.17) is 0 Å². The molecule has 1 aliphatic carbocycles. The van der Waals surface area contributed by atoms with E-state index in [2.05, 4.69) is 5.38 Å². The summed E-state index contributed by atoms with van der Waals surface area (Å²) in [5.74, 6) is 0.307. The van der Waals surface area contributed by atoms with Gasteiger partial charge in [-0.05, 0) is 53.8 Å². The van der Waals surface area contributed by atoms with Crippen molar-refractivity contribution in [2.24, 2.45) is 0 Å². The summed E-state index contributed by atoms with van der Waals surface area (Å²) in [5.41, 5.74) is 1.23. The number of carbonyl (C=O) groups is 1. The van der Waals surface area contributed by atoms with Gasteiger partial charge in [0.15, 0.2) is 0 Å². The van der Waals surface area contributed by atoms with Gasteiger partial charge < -0.3 is 10.0 Å². The van der Waals surface area contributed by atoms with Gasteiger partial charge in [-0.25, -0.2) is 0 Å². The van der Waals surface area contributed by atoms with Crippen LogP contribution in [-0.2, 0) is 11.2 Å². The first-order chi connectivity index (χ1) is 10.3. The molecule has 0 atom stereocenters. The zero-order valence-corrected chi connectivity index (χ0v) is 12.9. The van der Waals surface area contributed by atoms with E-state index in [-0.39, 0.29) is 0 Å². The van der Waals surface area contributed by atoms with Crippen LogP contribution in [0, 0.1) is 0 Å². The van der Waals surface area contributed by atoms with E-state index in [9.17, 15) is 9.90 Å². The highest BCUT2D eigenvalue weighted by Crippen LogP contribution is 2.30. The number of phenolic OH excluding ortho intramolecular Hbond substituents is 1. The molecule has 1 N–H and O–H groups in total. The Morgan fingerprint density at radius 2 is 2.10 bits per heavy atom. The number of carbonyl (C=O) groups excluding carboxylic acids is 1. The van der Waals surface area contributed by atoms with Crippen molar-refractivity contribution in [3.8, 4) is 5.75 Å². The van der Waals surface area contributed by atoms with Crippen LogP contribution in [0.4, 0.5) is 0 Å². The SMILES string of the molecule is O=CN(CCc1csc2ccc(O)cc12)C1CCCCC1. The predicted molar refractivity (Wildman–Crippen MR) is 86.8 cm³/mol. The highest BCUT2D eigenvalue weighted by molar-refractivity contribution is 7.17. The van der Waals surface area contributed by atoms with Crippen LogP contribution >= 0.6 is 11.3 Å². The van der Waals surface area contributed by atoms with Crippen molar-refractivity contribution in [1.82, 2.24) is 4.90 Å². The Balaban J connectivity index is 1.69. The lowest BCUT2D eigenvalue weighted by Gasteiger charge is -2.31. The molecule has 2 aromatic rings. The number of thiophene rings is 1. The van der Waals surface area contributed by atoms with Crippen LogP contribution in [0.15, 0.2) is 23.6 Å². The topological polar surface area (TPSA) is 40.5 Å². The number of rotatable bonds is 5. The first kappa shape index (κ1) is 14.4. The normalized spacial score (nSPS) is 16.2. The second kappa shape index (κ2) is 6.48. The average Bonchev–Trinajstić information content (AvgIpc) is 2.91. The van der Waals surface area contributed by atoms with Crippen LogP contribution in [0.25, 0.3) is 10.1 Å². The largest absolute Gasteiger partial charge is 0.508 e. The van der Waals surface area contributed by atoms with Crippen LogP contribution in [0.5, 0.6) is 5.75 Å². The molecule has 0 aliphatic heterocycles. The molecule has 1 saturated carbocycles. The first-order valence-corrected chi connectivity index (χ1v) is 8.56. The Bertz CT molecular complexity index is 616. The number of hydrogen-bond acceptors (Lipinski definition) is 3. The Morgan fingerprint density at radius 1 is 1.29 bits per heavy atom. The lowest BCUT2D eigenvalue weighted by molar-refractivity contribution is -0.120. The first-order valence-electron chi connectivity index (χ1n) is 7.68. The summed E-state index contributed by atoms with van der Waals surface area (Å²) in [6.07, 6.45) is 7.95. The van der Waals surface area contributed by atoms with Gasteiger partial charge in [0, 0.05) is 17.3 Å². The highest BCUT2D eigenvalue weighted by Gasteiger charge is 2.19. The maximum absolute atomic E-state index is 11.4. The number of benzene rings is 1. The van der Waals surface area contributed by atoms with Crippen molar-refractivity contribution < 1.29 is 9.90 Å². The summed E-state index contributed by atoms with van der Waals surface area (Å²) in [6.45, 7) is 0.773. The molecule has 3 nitrogen and oxygen atoms in total. The summed E-state index contributed by atoms with van der Waals surface area (Å²) in [6, 6.07) is 5.93. The minimum atomic E-state index is 0.307. The van der Waals surface area contributed by atoms with E-state index in [0.29, 0.717) is 11.8 Å². The lowest BCUT2D eigenvalue weighted by Crippen LogP contribution is -2.37. The molecule has 1 aromatic carbocycles. The van der Waals surface area contributed by atoms with E-state index in [1.807, 2.05) is 17.0 Å². The van der Waals surface area contributed by atoms with Gasteiger partial charge in [-0.2, -0.15) is 0 Å². The molecular weight excluding hydrogens is 282 g/mol. The van der Waals surface area contributed by atoms with E-state index >= 15 is 0 Å². The van der Waals surface area contributed by atoms with Gasteiger partial charge in [0.1, 0.15) is 5.75 Å². The fraction of sp³-hybridized carbons (Fsp3) is 0.471. The third kappa shape index (κ3) is 3.21. The molecule has 0 spiro atoms. The van der Waals surface area contributed by atoms with Crippen LogP contribution in [0.3, 0.4) is 0 Å². The highest BCUT2D eigenvalue weighted by atomic mass is 32.1. The van der Waals surface area contributed by atoms with Crippen LogP contribution < -0.4 is 0 Å². The van der Waals surface area contributed by atoms with E-state index < -0.39 is 0 Å². The zero-order chi connectivity index (χ0) is 14.7. The molecule has 1 amide bonds. The van der Waals surface area contributed by atoms with Crippen molar-refractivity contribution in [2.75, 3.05) is 6.54 Å². The third-order valence-corrected chi connectivity index (χ3v) is 5.47. The summed E-state index contributed by atoms with van der Waals surface area (Å²) in [5, 5.41) is 12.9. The van der Waals surface area contributed by atoms with Gasteiger partial charge in [0.2, 0.25) is 6.41 Å². The maximum atomic E-state index is 11.4. The van der Waals surface area contributed by atoms with Crippen molar-refractivity contribution in [2.45, 2.75) is 44.6 Å². The average molecular weight is 303 g/mol. The van der Waals surface area contributed by atoms with Gasteiger partial charge in [-0.1, -0.05) is 19.3 Å². The Labute approximate surface area is 129 Å². The van der Waals surface area contributed by atoms with Crippen molar-refractivity contribution in [3.05, 3.63) is 29.1 Å². The number of nitrogens with zero attached hydrogens (tertiary/aromatic N) is 1. The molecule has 112 valence electrons. The molecule has 1 heterocycles. The number of phenols is 1. The molecule has 0 radical (unpaired) electrons. The minimum Gasteiger partial charge on any atom is -0.508 e. The van der Waals surface area contributed by atoms with Gasteiger partial charge >= 0.3 is 0 Å². The molecule has 1 aromatic heterocycles. The monoisotopic (exact) mass is 303 g/mol. The van der Waals surface area contributed by atoms with Gasteiger partial charge in [-0.3, -0.25) is 4.79 Å². The van der Waals surface area contributed by atoms with Gasteiger partial charge in [0.25, 0.3) is 0 Å². The van der Waals surface area contributed by atoms with E-state index in [1.54, 1.807) is 17.4 Å².